The molecule has 2 aromatic carbocycles. The molecule has 2 nitrogen and oxygen atoms in total. The fourth-order valence-corrected chi connectivity index (χ4v) is 3.10. The Kier molecular flexibility index (Phi) is 3.84. The molecule has 0 unspecified atom stereocenters. The molecule has 3 aromatic rings. The number of Topliss-reactive ketones (excluding diaryl/α,β-unsaturated/α-hetero) is 1. The van der Waals surface area contributed by atoms with Gasteiger partial charge in [-0.25, -0.2) is 0 Å². The SMILES string of the molecule is CC(=O)c1sccc1N(c1ccccc1)c1ccccc1. The molecule has 1 aromatic heterocycles. The van der Waals surface area contributed by atoms with Crippen molar-refractivity contribution in [3.05, 3.63) is 77.0 Å². The molecule has 0 aliphatic carbocycles. The van der Waals surface area contributed by atoms with Crippen LogP contribution in [0.4, 0.5) is 17.1 Å². The number of thiophene rings is 1. The summed E-state index contributed by atoms with van der Waals surface area (Å²) < 4.78 is 0. The third-order valence-corrected chi connectivity index (χ3v) is 4.24. The molecule has 3 heteroatoms. The molecule has 0 spiro atoms. The summed E-state index contributed by atoms with van der Waals surface area (Å²) in [5.74, 6) is 0.0943. The van der Waals surface area contributed by atoms with Crippen molar-refractivity contribution in [2.24, 2.45) is 0 Å². The lowest BCUT2D eigenvalue weighted by Gasteiger charge is -2.25. The van der Waals surface area contributed by atoms with Crippen LogP contribution in [0.2, 0.25) is 0 Å². The highest BCUT2D eigenvalue weighted by atomic mass is 32.1. The lowest BCUT2D eigenvalue weighted by molar-refractivity contribution is 0.102. The van der Waals surface area contributed by atoms with Crippen molar-refractivity contribution in [3.63, 3.8) is 0 Å². The van der Waals surface area contributed by atoms with Gasteiger partial charge in [-0.2, -0.15) is 0 Å². The standard InChI is InChI=1S/C18H15NOS/c1-14(20)18-17(12-13-21-18)19(15-8-4-2-5-9-15)16-10-6-3-7-11-16/h2-13H,1H3. The number of ketones is 1. The second kappa shape index (κ2) is 5.94. The minimum Gasteiger partial charge on any atom is -0.309 e. The van der Waals surface area contributed by atoms with E-state index in [1.165, 1.54) is 11.3 Å². The second-order valence-electron chi connectivity index (χ2n) is 4.70. The first-order chi connectivity index (χ1) is 10.3. The van der Waals surface area contributed by atoms with Crippen LogP contribution in [0.1, 0.15) is 16.6 Å². The van der Waals surface area contributed by atoms with Gasteiger partial charge in [-0.15, -0.1) is 11.3 Å². The Morgan fingerprint density at radius 2 is 1.38 bits per heavy atom. The van der Waals surface area contributed by atoms with Gasteiger partial charge in [0.1, 0.15) is 0 Å². The molecule has 0 saturated carbocycles. The Balaban J connectivity index is 2.18. The molecule has 0 N–H and O–H groups in total. The maximum absolute atomic E-state index is 11.9. The highest BCUT2D eigenvalue weighted by molar-refractivity contribution is 7.12. The van der Waals surface area contributed by atoms with Crippen LogP contribution >= 0.6 is 11.3 Å². The predicted molar refractivity (Wildman–Crippen MR) is 89.0 cm³/mol. The molecular weight excluding hydrogens is 278 g/mol. The number of hydrogen-bond donors (Lipinski definition) is 0. The van der Waals surface area contributed by atoms with E-state index in [4.69, 9.17) is 0 Å². The molecule has 0 saturated heterocycles. The van der Waals surface area contributed by atoms with Gasteiger partial charge in [0.05, 0.1) is 10.6 Å². The van der Waals surface area contributed by atoms with Gasteiger partial charge in [0.25, 0.3) is 0 Å². The molecule has 0 amide bonds. The summed E-state index contributed by atoms with van der Waals surface area (Å²) in [5, 5.41) is 1.96. The molecule has 0 fully saturated rings. The molecule has 0 radical (unpaired) electrons. The molecule has 0 aliphatic heterocycles. The first-order valence-corrected chi connectivity index (χ1v) is 7.64. The van der Waals surface area contributed by atoms with Gasteiger partial charge >= 0.3 is 0 Å². The number of hydrogen-bond acceptors (Lipinski definition) is 3. The number of carbonyl (C=O) groups is 1. The van der Waals surface area contributed by atoms with Gasteiger partial charge in [-0.1, -0.05) is 36.4 Å². The molecule has 21 heavy (non-hydrogen) atoms. The third-order valence-electron chi connectivity index (χ3n) is 3.23. The van der Waals surface area contributed by atoms with Crippen LogP contribution in [0.25, 0.3) is 0 Å². The third kappa shape index (κ3) is 2.73. The largest absolute Gasteiger partial charge is 0.309 e. The first kappa shape index (κ1) is 13.6. The van der Waals surface area contributed by atoms with Crippen LogP contribution in [0.3, 0.4) is 0 Å². The van der Waals surface area contributed by atoms with Crippen LogP contribution in [0.5, 0.6) is 0 Å². The summed E-state index contributed by atoms with van der Waals surface area (Å²) >= 11 is 1.48. The Bertz CT molecular complexity index is 695. The summed E-state index contributed by atoms with van der Waals surface area (Å²) in [6, 6.07) is 22.2. The Morgan fingerprint density at radius 3 is 1.86 bits per heavy atom. The fourth-order valence-electron chi connectivity index (χ4n) is 2.32. The summed E-state index contributed by atoms with van der Waals surface area (Å²) in [4.78, 5) is 14.8. The molecule has 1 heterocycles. The quantitative estimate of drug-likeness (QED) is 0.598. The summed E-state index contributed by atoms with van der Waals surface area (Å²) in [5.41, 5.74) is 3.03. The van der Waals surface area contributed by atoms with E-state index in [1.807, 2.05) is 47.8 Å². The van der Waals surface area contributed by atoms with E-state index in [0.717, 1.165) is 21.9 Å². The monoisotopic (exact) mass is 293 g/mol. The number of rotatable bonds is 4. The van der Waals surface area contributed by atoms with Crippen molar-refractivity contribution in [1.82, 2.24) is 0 Å². The molecule has 0 aliphatic rings. The summed E-state index contributed by atoms with van der Waals surface area (Å²) in [6.45, 7) is 1.61. The van der Waals surface area contributed by atoms with E-state index < -0.39 is 0 Å². The molecule has 0 atom stereocenters. The van der Waals surface area contributed by atoms with E-state index in [-0.39, 0.29) is 5.78 Å². The van der Waals surface area contributed by atoms with Crippen LogP contribution < -0.4 is 4.90 Å². The molecule has 3 rings (SSSR count). The van der Waals surface area contributed by atoms with Crippen LogP contribution in [0.15, 0.2) is 72.1 Å². The van der Waals surface area contributed by atoms with Crippen molar-refractivity contribution >= 4 is 34.2 Å². The maximum atomic E-state index is 11.9. The Morgan fingerprint density at radius 1 is 0.857 bits per heavy atom. The van der Waals surface area contributed by atoms with E-state index >= 15 is 0 Å². The maximum Gasteiger partial charge on any atom is 0.171 e. The summed E-state index contributed by atoms with van der Waals surface area (Å²) in [7, 11) is 0. The van der Waals surface area contributed by atoms with Crippen LogP contribution in [-0.4, -0.2) is 5.78 Å². The summed E-state index contributed by atoms with van der Waals surface area (Å²) in [6.07, 6.45) is 0. The molecular formula is C18H15NOS. The van der Waals surface area contributed by atoms with Crippen molar-refractivity contribution in [1.29, 1.82) is 0 Å². The lowest BCUT2D eigenvalue weighted by atomic mass is 10.2. The number of benzene rings is 2. The Hall–Kier alpha value is -2.39. The van der Waals surface area contributed by atoms with Crippen molar-refractivity contribution in [3.8, 4) is 0 Å². The number of anilines is 3. The number of para-hydroxylation sites is 2. The Labute approximate surface area is 128 Å². The van der Waals surface area contributed by atoms with E-state index in [1.54, 1.807) is 6.92 Å². The van der Waals surface area contributed by atoms with Crippen LogP contribution in [0, 0.1) is 0 Å². The zero-order valence-corrected chi connectivity index (χ0v) is 12.5. The van der Waals surface area contributed by atoms with Crippen molar-refractivity contribution < 1.29 is 4.79 Å². The lowest BCUT2D eigenvalue weighted by Crippen LogP contribution is -2.11. The van der Waals surface area contributed by atoms with Crippen molar-refractivity contribution in [2.75, 3.05) is 4.90 Å². The van der Waals surface area contributed by atoms with Gasteiger partial charge in [-0.3, -0.25) is 4.79 Å². The van der Waals surface area contributed by atoms with Crippen molar-refractivity contribution in [2.45, 2.75) is 6.92 Å². The zero-order valence-electron chi connectivity index (χ0n) is 11.7. The highest BCUT2D eigenvalue weighted by Gasteiger charge is 2.18. The van der Waals surface area contributed by atoms with E-state index in [9.17, 15) is 4.79 Å². The van der Waals surface area contributed by atoms with E-state index in [2.05, 4.69) is 29.2 Å². The minimum absolute atomic E-state index is 0.0943. The second-order valence-corrected chi connectivity index (χ2v) is 5.61. The predicted octanol–water partition coefficient (Wildman–Crippen LogP) is 5.42. The van der Waals surface area contributed by atoms with Gasteiger partial charge < -0.3 is 4.90 Å². The zero-order chi connectivity index (χ0) is 14.7. The fraction of sp³-hybridized carbons (Fsp3) is 0.0556. The number of carbonyl (C=O) groups excluding carboxylic acids is 1. The first-order valence-electron chi connectivity index (χ1n) is 6.76. The number of nitrogens with zero attached hydrogens (tertiary/aromatic N) is 1. The smallest absolute Gasteiger partial charge is 0.171 e. The van der Waals surface area contributed by atoms with Gasteiger partial charge in [0, 0.05) is 18.3 Å². The minimum atomic E-state index is 0.0943. The average Bonchev–Trinajstić information content (AvgIpc) is 2.99. The van der Waals surface area contributed by atoms with Gasteiger partial charge in [0.15, 0.2) is 5.78 Å². The van der Waals surface area contributed by atoms with Gasteiger partial charge in [-0.05, 0) is 35.7 Å². The normalized spacial score (nSPS) is 10.3. The molecule has 0 bridgehead atoms. The highest BCUT2D eigenvalue weighted by Crippen LogP contribution is 2.38. The van der Waals surface area contributed by atoms with Gasteiger partial charge in [0.2, 0.25) is 0 Å². The van der Waals surface area contributed by atoms with E-state index in [0.29, 0.717) is 0 Å². The average molecular weight is 293 g/mol. The molecule has 104 valence electrons. The topological polar surface area (TPSA) is 20.3 Å². The van der Waals surface area contributed by atoms with Crippen LogP contribution in [-0.2, 0) is 0 Å².